The highest BCUT2D eigenvalue weighted by atomic mass is 35.5. The fourth-order valence-electron chi connectivity index (χ4n) is 1.64. The first-order valence-electron chi connectivity index (χ1n) is 4.30. The fraction of sp³-hybridized carbons (Fsp3) is 0.182. The van der Waals surface area contributed by atoms with Crippen LogP contribution in [0.2, 0.25) is 5.02 Å². The van der Waals surface area contributed by atoms with Crippen LogP contribution in [0.25, 0.3) is 15.7 Å². The van der Waals surface area contributed by atoms with E-state index in [1.54, 1.807) is 0 Å². The molecule has 0 aliphatic heterocycles. The second-order valence-electron chi connectivity index (χ2n) is 3.24. The van der Waals surface area contributed by atoms with Gasteiger partial charge in [0.1, 0.15) is 0 Å². The molecule has 0 saturated heterocycles. The third-order valence-electron chi connectivity index (χ3n) is 2.27. The Kier molecular flexibility index (Phi) is 2.18. The minimum absolute atomic E-state index is 0.352. The summed E-state index contributed by atoms with van der Waals surface area (Å²) in [5.41, 5.74) is 2.21. The molecule has 1 heterocycles. The molecule has 14 heavy (non-hydrogen) atoms. The normalized spacial score (nSPS) is 10.4. The Morgan fingerprint density at radius 1 is 1.50 bits per heavy atom. The summed E-state index contributed by atoms with van der Waals surface area (Å²) in [5.74, 6) is 0. The summed E-state index contributed by atoms with van der Waals surface area (Å²) in [6.07, 6.45) is 1.99. The van der Waals surface area contributed by atoms with Gasteiger partial charge in [0.15, 0.2) is 0 Å². The lowest BCUT2D eigenvalue weighted by atomic mass is 10.2. The minimum Gasteiger partial charge on any atom is -0.293 e. The van der Waals surface area contributed by atoms with E-state index >= 15 is 0 Å². The van der Waals surface area contributed by atoms with Crippen LogP contribution in [-0.2, 0) is 6.67 Å². The Morgan fingerprint density at radius 2 is 2.29 bits per heavy atom. The van der Waals surface area contributed by atoms with Crippen LogP contribution in [0, 0.1) is 13.5 Å². The van der Waals surface area contributed by atoms with Crippen LogP contribution in [0.5, 0.6) is 0 Å². The molecule has 0 N–H and O–H groups in total. The van der Waals surface area contributed by atoms with Gasteiger partial charge in [-0.3, -0.25) is 9.41 Å². The van der Waals surface area contributed by atoms with Crippen LogP contribution in [0.4, 0.5) is 0 Å². The molecule has 0 amide bonds. The van der Waals surface area contributed by atoms with Crippen LogP contribution in [0.1, 0.15) is 5.56 Å². The van der Waals surface area contributed by atoms with E-state index in [0.717, 1.165) is 10.9 Å². The van der Waals surface area contributed by atoms with Crippen molar-refractivity contribution < 1.29 is 0 Å². The Hall–Kier alpha value is -1.46. The number of rotatable bonds is 1. The van der Waals surface area contributed by atoms with Crippen molar-refractivity contribution in [3.05, 3.63) is 46.4 Å². The van der Waals surface area contributed by atoms with Crippen LogP contribution < -0.4 is 0 Å². The molecule has 70 valence electrons. The highest BCUT2D eigenvalue weighted by Crippen LogP contribution is 2.24. The first-order chi connectivity index (χ1) is 6.72. The molecule has 1 aromatic carbocycles. The number of hydrogen-bond donors (Lipinski definition) is 0. The van der Waals surface area contributed by atoms with E-state index in [-0.39, 0.29) is 0 Å². The van der Waals surface area contributed by atoms with Gasteiger partial charge in [0.2, 0.25) is 0 Å². The van der Waals surface area contributed by atoms with Gasteiger partial charge in [-0.05, 0) is 24.6 Å². The Labute approximate surface area is 87.5 Å². The lowest BCUT2D eigenvalue weighted by molar-refractivity contribution is 0.856. The Balaban J connectivity index is 2.74. The summed E-state index contributed by atoms with van der Waals surface area (Å²) >= 11 is 5.91. The van der Waals surface area contributed by atoms with Gasteiger partial charge >= 0.3 is 0 Å². The minimum atomic E-state index is 0.352. The topological polar surface area (TPSA) is 9.29 Å². The van der Waals surface area contributed by atoms with E-state index in [4.69, 9.17) is 18.2 Å². The molecule has 1 aromatic heterocycles. The zero-order valence-electron chi connectivity index (χ0n) is 7.79. The summed E-state index contributed by atoms with van der Waals surface area (Å²) in [7, 11) is 0. The molecule has 2 aromatic rings. The molecule has 0 bridgehead atoms. The van der Waals surface area contributed by atoms with E-state index < -0.39 is 0 Å². The molecular formula is C11H9ClN2. The largest absolute Gasteiger partial charge is 0.293 e. The summed E-state index contributed by atoms with van der Waals surface area (Å²) < 4.78 is 1.92. The lowest BCUT2D eigenvalue weighted by Crippen LogP contribution is -1.89. The monoisotopic (exact) mass is 204 g/mol. The standard InChI is InChI=1S/C11H9ClN2/c1-8-6-14(7-13-2)11-5-9(12)3-4-10(8)11/h3-6H,7H2,1H3. The van der Waals surface area contributed by atoms with E-state index in [2.05, 4.69) is 4.85 Å². The zero-order chi connectivity index (χ0) is 10.1. The predicted molar refractivity (Wildman–Crippen MR) is 58.3 cm³/mol. The second-order valence-corrected chi connectivity index (χ2v) is 3.68. The van der Waals surface area contributed by atoms with Crippen molar-refractivity contribution in [1.82, 2.24) is 4.57 Å². The quantitative estimate of drug-likeness (QED) is 0.630. The number of fused-ring (bicyclic) bond motifs is 1. The molecule has 3 heteroatoms. The maximum atomic E-state index is 6.85. The van der Waals surface area contributed by atoms with Gasteiger partial charge in [0, 0.05) is 16.6 Å². The number of nitrogens with zero attached hydrogens (tertiary/aromatic N) is 2. The molecule has 0 fully saturated rings. The van der Waals surface area contributed by atoms with Gasteiger partial charge in [-0.25, -0.2) is 6.57 Å². The van der Waals surface area contributed by atoms with Crippen LogP contribution >= 0.6 is 11.6 Å². The number of halogens is 1. The maximum Gasteiger partial charge on any atom is 0.293 e. The van der Waals surface area contributed by atoms with Crippen LogP contribution in [0.15, 0.2) is 24.4 Å². The van der Waals surface area contributed by atoms with Crippen molar-refractivity contribution in [2.24, 2.45) is 0 Å². The second kappa shape index (κ2) is 3.36. The average Bonchev–Trinajstić information content (AvgIpc) is 2.44. The van der Waals surface area contributed by atoms with Crippen molar-refractivity contribution >= 4 is 22.5 Å². The molecule has 0 atom stereocenters. The molecule has 0 spiro atoms. The summed E-state index contributed by atoms with van der Waals surface area (Å²) in [5, 5.41) is 1.87. The van der Waals surface area contributed by atoms with Crippen LogP contribution in [-0.4, -0.2) is 4.57 Å². The predicted octanol–water partition coefficient (Wildman–Crippen LogP) is 3.48. The van der Waals surface area contributed by atoms with Gasteiger partial charge in [0.25, 0.3) is 6.67 Å². The molecule has 0 aliphatic carbocycles. The third kappa shape index (κ3) is 1.36. The van der Waals surface area contributed by atoms with Crippen molar-refractivity contribution in [2.45, 2.75) is 13.6 Å². The smallest absolute Gasteiger partial charge is 0.293 e. The maximum absolute atomic E-state index is 6.85. The highest BCUT2D eigenvalue weighted by Gasteiger charge is 2.06. The molecule has 0 unspecified atom stereocenters. The Morgan fingerprint density at radius 3 is 3.00 bits per heavy atom. The van der Waals surface area contributed by atoms with E-state index in [1.165, 1.54) is 5.56 Å². The Bertz CT molecular complexity index is 520. The first kappa shape index (κ1) is 9.11. The highest BCUT2D eigenvalue weighted by molar-refractivity contribution is 6.31. The number of aromatic nitrogens is 1. The van der Waals surface area contributed by atoms with Gasteiger partial charge in [-0.15, -0.1) is 0 Å². The van der Waals surface area contributed by atoms with E-state index in [0.29, 0.717) is 11.7 Å². The summed E-state index contributed by atoms with van der Waals surface area (Å²) in [4.78, 5) is 3.37. The first-order valence-corrected chi connectivity index (χ1v) is 4.68. The van der Waals surface area contributed by atoms with Crippen molar-refractivity contribution in [3.8, 4) is 0 Å². The molecule has 0 aliphatic rings. The lowest BCUT2D eigenvalue weighted by Gasteiger charge is -1.96. The number of benzene rings is 1. The van der Waals surface area contributed by atoms with E-state index in [1.807, 2.05) is 35.9 Å². The number of hydrogen-bond acceptors (Lipinski definition) is 0. The molecule has 2 rings (SSSR count). The van der Waals surface area contributed by atoms with Crippen LogP contribution in [0.3, 0.4) is 0 Å². The number of aryl methyl sites for hydroxylation is 1. The third-order valence-corrected chi connectivity index (χ3v) is 2.50. The fourth-order valence-corrected chi connectivity index (χ4v) is 1.81. The summed E-state index contributed by atoms with van der Waals surface area (Å²) in [6.45, 7) is 9.24. The molecular weight excluding hydrogens is 196 g/mol. The van der Waals surface area contributed by atoms with Crippen molar-refractivity contribution in [2.75, 3.05) is 0 Å². The zero-order valence-corrected chi connectivity index (χ0v) is 8.54. The molecule has 0 saturated carbocycles. The van der Waals surface area contributed by atoms with E-state index in [9.17, 15) is 0 Å². The average molecular weight is 205 g/mol. The SMILES string of the molecule is [C-]#[N+]Cn1cc(C)c2ccc(Cl)cc21. The summed E-state index contributed by atoms with van der Waals surface area (Å²) in [6, 6.07) is 5.77. The van der Waals surface area contributed by atoms with Gasteiger partial charge < -0.3 is 0 Å². The molecule has 0 radical (unpaired) electrons. The molecule has 2 nitrogen and oxygen atoms in total. The van der Waals surface area contributed by atoms with Crippen molar-refractivity contribution in [3.63, 3.8) is 0 Å². The van der Waals surface area contributed by atoms with Gasteiger partial charge in [-0.2, -0.15) is 0 Å². The van der Waals surface area contributed by atoms with Gasteiger partial charge in [0.05, 0.1) is 5.52 Å². The van der Waals surface area contributed by atoms with Gasteiger partial charge in [-0.1, -0.05) is 17.7 Å². The van der Waals surface area contributed by atoms with Crippen molar-refractivity contribution in [1.29, 1.82) is 0 Å².